The van der Waals surface area contributed by atoms with Crippen molar-refractivity contribution in [1.29, 1.82) is 0 Å². The van der Waals surface area contributed by atoms with Gasteiger partial charge in [0.25, 0.3) is 0 Å². The van der Waals surface area contributed by atoms with Crippen LogP contribution >= 0.6 is 0 Å². The quantitative estimate of drug-likeness (QED) is 0.674. The van der Waals surface area contributed by atoms with Gasteiger partial charge in [-0.2, -0.15) is 0 Å². The topological polar surface area (TPSA) is 21.3 Å². The van der Waals surface area contributed by atoms with Crippen molar-refractivity contribution in [2.75, 3.05) is 6.54 Å². The molecule has 3 aromatic rings. The Kier molecular flexibility index (Phi) is 3.30. The maximum Gasteiger partial charge on any atom is 0.117 e. The third kappa shape index (κ3) is 2.15. The first kappa shape index (κ1) is 14.4. The Hall–Kier alpha value is -2.00. The summed E-state index contributed by atoms with van der Waals surface area (Å²) in [5.74, 6) is 1.09. The predicted molar refractivity (Wildman–Crippen MR) is 96.1 cm³/mol. The molecule has 2 aromatic heterocycles. The van der Waals surface area contributed by atoms with Gasteiger partial charge in [0.05, 0.1) is 18.8 Å². The molecule has 0 saturated carbocycles. The second-order valence-electron chi connectivity index (χ2n) is 7.35. The summed E-state index contributed by atoms with van der Waals surface area (Å²) in [5.41, 5.74) is 6.01. The number of fused-ring (bicyclic) bond motifs is 3. The summed E-state index contributed by atoms with van der Waals surface area (Å²) < 4.78 is 8.25. The average Bonchev–Trinajstić information content (AvgIpc) is 3.15. The van der Waals surface area contributed by atoms with Crippen molar-refractivity contribution in [1.82, 2.24) is 9.47 Å². The van der Waals surface area contributed by atoms with Crippen LogP contribution in [0.4, 0.5) is 0 Å². The van der Waals surface area contributed by atoms with Gasteiger partial charge in [-0.3, -0.25) is 4.90 Å². The molecule has 1 atom stereocenters. The van der Waals surface area contributed by atoms with Crippen LogP contribution in [0.15, 0.2) is 41.0 Å². The molecule has 1 aliphatic heterocycles. The molecule has 124 valence electrons. The Balaban J connectivity index is 1.64. The second-order valence-corrected chi connectivity index (χ2v) is 7.35. The highest BCUT2D eigenvalue weighted by atomic mass is 16.3. The molecule has 24 heavy (non-hydrogen) atoms. The molecule has 0 saturated heterocycles. The fourth-order valence-corrected chi connectivity index (χ4v) is 4.79. The minimum Gasteiger partial charge on any atom is -0.468 e. The SMILES string of the molecule is Cc1ccc2c(c1)c1c3n2CCCN(Cc2ccco2)C3CCC1. The smallest absolute Gasteiger partial charge is 0.117 e. The van der Waals surface area contributed by atoms with Crippen LogP contribution in [0.1, 0.15) is 47.9 Å². The van der Waals surface area contributed by atoms with Crippen LogP contribution < -0.4 is 0 Å². The molecule has 0 fully saturated rings. The molecule has 1 unspecified atom stereocenters. The van der Waals surface area contributed by atoms with E-state index in [0.29, 0.717) is 6.04 Å². The van der Waals surface area contributed by atoms with Crippen LogP contribution in [0, 0.1) is 6.92 Å². The summed E-state index contributed by atoms with van der Waals surface area (Å²) in [7, 11) is 0. The van der Waals surface area contributed by atoms with E-state index in [9.17, 15) is 0 Å². The molecule has 0 N–H and O–H groups in total. The molecule has 3 nitrogen and oxygen atoms in total. The van der Waals surface area contributed by atoms with Gasteiger partial charge in [-0.25, -0.2) is 0 Å². The van der Waals surface area contributed by atoms with Crippen LogP contribution in [0.2, 0.25) is 0 Å². The van der Waals surface area contributed by atoms with Gasteiger partial charge in [-0.15, -0.1) is 0 Å². The lowest BCUT2D eigenvalue weighted by atomic mass is 9.90. The van der Waals surface area contributed by atoms with Gasteiger partial charge < -0.3 is 8.98 Å². The molecular weight excluding hydrogens is 296 g/mol. The first-order valence-corrected chi connectivity index (χ1v) is 9.19. The largest absolute Gasteiger partial charge is 0.468 e. The fraction of sp³-hybridized carbons (Fsp3) is 0.429. The van der Waals surface area contributed by atoms with Crippen molar-refractivity contribution in [3.8, 4) is 0 Å². The zero-order valence-electron chi connectivity index (χ0n) is 14.3. The van der Waals surface area contributed by atoms with Crippen LogP contribution in [-0.4, -0.2) is 16.0 Å². The van der Waals surface area contributed by atoms with Crippen molar-refractivity contribution in [2.24, 2.45) is 0 Å². The highest BCUT2D eigenvalue weighted by Gasteiger charge is 2.33. The van der Waals surface area contributed by atoms with E-state index in [-0.39, 0.29) is 0 Å². The van der Waals surface area contributed by atoms with E-state index in [4.69, 9.17) is 4.42 Å². The average molecular weight is 320 g/mol. The monoisotopic (exact) mass is 320 g/mol. The number of nitrogens with zero attached hydrogens (tertiary/aromatic N) is 2. The molecule has 0 radical (unpaired) electrons. The Bertz CT molecular complexity index is 871. The molecule has 2 aliphatic rings. The summed E-state index contributed by atoms with van der Waals surface area (Å²) in [4.78, 5) is 2.64. The molecule has 3 heterocycles. The number of aryl methyl sites for hydroxylation is 3. The molecule has 1 aliphatic carbocycles. The Labute approximate surface area is 142 Å². The maximum atomic E-state index is 5.63. The van der Waals surface area contributed by atoms with Gasteiger partial charge in [-0.1, -0.05) is 11.6 Å². The molecule has 5 rings (SSSR count). The van der Waals surface area contributed by atoms with Gasteiger partial charge in [0.2, 0.25) is 0 Å². The lowest BCUT2D eigenvalue weighted by molar-refractivity contribution is 0.161. The highest BCUT2D eigenvalue weighted by Crippen LogP contribution is 2.42. The fourth-order valence-electron chi connectivity index (χ4n) is 4.79. The predicted octanol–water partition coefficient (Wildman–Crippen LogP) is 4.83. The standard InChI is InChI=1S/C21H24N2O/c1-15-8-9-19-18(13-15)17-6-2-7-20-21(17)23(19)11-4-10-22(20)14-16-5-3-12-24-16/h3,5,8-9,12-13,20H,2,4,6-7,10-11,14H2,1H3. The van der Waals surface area contributed by atoms with E-state index in [1.807, 2.05) is 6.07 Å². The number of furan rings is 1. The summed E-state index contributed by atoms with van der Waals surface area (Å²) in [6.45, 7) is 5.43. The van der Waals surface area contributed by atoms with Crippen molar-refractivity contribution < 1.29 is 4.42 Å². The Morgan fingerprint density at radius 2 is 2.12 bits per heavy atom. The number of hydrogen-bond donors (Lipinski definition) is 0. The molecule has 0 bridgehead atoms. The van der Waals surface area contributed by atoms with Gasteiger partial charge >= 0.3 is 0 Å². The van der Waals surface area contributed by atoms with Gasteiger partial charge in [-0.05, 0) is 62.4 Å². The first-order valence-electron chi connectivity index (χ1n) is 9.19. The molecular formula is C21H24N2O. The van der Waals surface area contributed by atoms with E-state index >= 15 is 0 Å². The molecule has 1 aromatic carbocycles. The van der Waals surface area contributed by atoms with Gasteiger partial charge in [0, 0.05) is 29.7 Å². The van der Waals surface area contributed by atoms with E-state index in [0.717, 1.165) is 25.4 Å². The van der Waals surface area contributed by atoms with Gasteiger partial charge in [0.15, 0.2) is 0 Å². The van der Waals surface area contributed by atoms with Crippen molar-refractivity contribution in [3.63, 3.8) is 0 Å². The van der Waals surface area contributed by atoms with Crippen molar-refractivity contribution in [2.45, 2.75) is 51.7 Å². The zero-order chi connectivity index (χ0) is 16.1. The summed E-state index contributed by atoms with van der Waals surface area (Å²) in [5, 5.41) is 1.49. The maximum absolute atomic E-state index is 5.63. The summed E-state index contributed by atoms with van der Waals surface area (Å²) in [6.07, 6.45) is 6.79. The Morgan fingerprint density at radius 3 is 3.00 bits per heavy atom. The molecule has 3 heteroatoms. The molecule has 0 amide bonds. The molecule has 0 spiro atoms. The third-order valence-electron chi connectivity index (χ3n) is 5.79. The van der Waals surface area contributed by atoms with E-state index in [1.165, 1.54) is 42.1 Å². The highest BCUT2D eigenvalue weighted by molar-refractivity contribution is 5.86. The zero-order valence-corrected chi connectivity index (χ0v) is 14.3. The third-order valence-corrected chi connectivity index (χ3v) is 5.79. The number of benzene rings is 1. The lowest BCUT2D eigenvalue weighted by Gasteiger charge is -2.33. The van der Waals surface area contributed by atoms with E-state index in [2.05, 4.69) is 40.7 Å². The number of aromatic nitrogens is 1. The van der Waals surface area contributed by atoms with Crippen molar-refractivity contribution in [3.05, 3.63) is 59.2 Å². The van der Waals surface area contributed by atoms with Crippen LogP contribution in [0.25, 0.3) is 10.9 Å². The van der Waals surface area contributed by atoms with Crippen molar-refractivity contribution >= 4 is 10.9 Å². The van der Waals surface area contributed by atoms with Gasteiger partial charge in [0.1, 0.15) is 5.76 Å². The Morgan fingerprint density at radius 1 is 1.17 bits per heavy atom. The second kappa shape index (κ2) is 5.52. The van der Waals surface area contributed by atoms with E-state index in [1.54, 1.807) is 17.5 Å². The van der Waals surface area contributed by atoms with Crippen LogP contribution in [-0.2, 0) is 19.5 Å². The lowest BCUT2D eigenvalue weighted by Crippen LogP contribution is -2.30. The minimum atomic E-state index is 0.536. The summed E-state index contributed by atoms with van der Waals surface area (Å²) in [6, 6.07) is 11.6. The van der Waals surface area contributed by atoms with Crippen LogP contribution in [0.5, 0.6) is 0 Å². The number of hydrogen-bond acceptors (Lipinski definition) is 2. The van der Waals surface area contributed by atoms with Crippen LogP contribution in [0.3, 0.4) is 0 Å². The summed E-state index contributed by atoms with van der Waals surface area (Å²) >= 11 is 0. The minimum absolute atomic E-state index is 0.536. The van der Waals surface area contributed by atoms with E-state index < -0.39 is 0 Å². The number of rotatable bonds is 2. The first-order chi connectivity index (χ1) is 11.8. The normalized spacial score (nSPS) is 21.0.